The van der Waals surface area contributed by atoms with Crippen LogP contribution in [-0.2, 0) is 16.3 Å². The van der Waals surface area contributed by atoms with E-state index >= 15 is 0 Å². The topological polar surface area (TPSA) is 29.5 Å². The van der Waals surface area contributed by atoms with Crippen LogP contribution in [0.3, 0.4) is 0 Å². The van der Waals surface area contributed by atoms with Crippen LogP contribution >= 0.6 is 41.3 Å². The van der Waals surface area contributed by atoms with Crippen molar-refractivity contribution in [2.24, 2.45) is 0 Å². The molecule has 0 aromatic heterocycles. The highest BCUT2D eigenvalue weighted by Gasteiger charge is 2.23. The summed E-state index contributed by atoms with van der Waals surface area (Å²) in [5, 5.41) is 0. The van der Waals surface area contributed by atoms with Crippen molar-refractivity contribution in [1.82, 2.24) is 0 Å². The Bertz CT molecular complexity index is 169. The van der Waals surface area contributed by atoms with Gasteiger partial charge < -0.3 is 9.42 Å². The molecule has 0 radical (unpaired) electrons. The molecule has 11 heavy (non-hydrogen) atoms. The van der Waals surface area contributed by atoms with Gasteiger partial charge in [-0.3, -0.25) is 0 Å². The molecule has 1 atom stereocenters. The number of hydrogen-bond donors (Lipinski definition) is 1. The average Bonchev–Trinajstić information content (AvgIpc) is 1.83. The van der Waals surface area contributed by atoms with Crippen LogP contribution in [0.1, 0.15) is 6.92 Å². The van der Waals surface area contributed by atoms with Gasteiger partial charge in [-0.1, -0.05) is 41.7 Å². The first kappa shape index (κ1) is 12.4. The van der Waals surface area contributed by atoms with Crippen LogP contribution < -0.4 is 0 Å². The highest BCUT2D eigenvalue weighted by molar-refractivity contribution is 8.09. The van der Waals surface area contributed by atoms with Gasteiger partial charge >= 0.3 is 0 Å². The van der Waals surface area contributed by atoms with Crippen molar-refractivity contribution in [2.75, 3.05) is 12.8 Å². The van der Waals surface area contributed by atoms with Crippen LogP contribution in [0, 0.1) is 0 Å². The molecule has 0 spiro atoms. The van der Waals surface area contributed by atoms with E-state index in [0.717, 1.165) is 0 Å². The first-order valence-corrected chi connectivity index (χ1v) is 6.79. The summed E-state index contributed by atoms with van der Waals surface area (Å²) in [4.78, 5) is 9.21. The van der Waals surface area contributed by atoms with Gasteiger partial charge in [-0.05, 0) is 11.8 Å². The molecule has 0 aliphatic carbocycles. The maximum Gasteiger partial charge on any atom is 0.213 e. The van der Waals surface area contributed by atoms with Gasteiger partial charge in [0, 0.05) is 6.16 Å². The molecule has 0 fully saturated rings. The monoisotopic (exact) mass is 256 g/mol. The van der Waals surface area contributed by atoms with E-state index in [1.54, 1.807) is 6.92 Å². The zero-order chi connectivity index (χ0) is 9.12. The minimum absolute atomic E-state index is 0.167. The van der Waals surface area contributed by atoms with Crippen LogP contribution in [0.25, 0.3) is 0 Å². The molecule has 1 unspecified atom stereocenters. The summed E-state index contributed by atoms with van der Waals surface area (Å²) in [6.45, 7) is -1.14. The molecule has 68 valence electrons. The third kappa shape index (κ3) is 7.79. The van der Waals surface area contributed by atoms with Crippen molar-refractivity contribution in [3.8, 4) is 0 Å². The Morgan fingerprint density at radius 3 is 2.27 bits per heavy atom. The summed E-state index contributed by atoms with van der Waals surface area (Å²) in [5.74, 6) is 0. The number of halogens is 3. The van der Waals surface area contributed by atoms with Crippen molar-refractivity contribution in [3.05, 3.63) is 0 Å². The first-order valence-electron chi connectivity index (χ1n) is 2.80. The van der Waals surface area contributed by atoms with E-state index in [4.69, 9.17) is 39.3 Å². The number of rotatable bonds is 3. The van der Waals surface area contributed by atoms with E-state index in [0.29, 0.717) is 6.16 Å². The van der Waals surface area contributed by atoms with Crippen molar-refractivity contribution in [2.45, 2.75) is 10.7 Å². The lowest BCUT2D eigenvalue weighted by atomic mass is 10.9. The molecule has 0 aliphatic heterocycles. The summed E-state index contributed by atoms with van der Waals surface area (Å²) in [6.07, 6.45) is 0.378. The molecular formula is C4H8Cl3O2PS. The second kappa shape index (κ2) is 4.61. The van der Waals surface area contributed by atoms with E-state index < -0.39 is 10.3 Å². The minimum Gasteiger partial charge on any atom is -0.345 e. The Hall–Kier alpha value is 1.44. The normalized spacial score (nSPS) is 17.9. The molecule has 0 rings (SSSR count). The molecule has 0 saturated heterocycles. The third-order valence-corrected chi connectivity index (χ3v) is 3.58. The molecule has 0 aromatic rings. The van der Waals surface area contributed by atoms with E-state index in [1.165, 1.54) is 0 Å². The second-order valence-electron chi connectivity index (χ2n) is 1.84. The second-order valence-corrected chi connectivity index (χ2v) is 8.24. The van der Waals surface area contributed by atoms with E-state index in [1.807, 2.05) is 0 Å². The van der Waals surface area contributed by atoms with Crippen molar-refractivity contribution in [3.63, 3.8) is 0 Å². The first-order chi connectivity index (χ1) is 4.77. The fourth-order valence-corrected chi connectivity index (χ4v) is 1.39. The minimum atomic E-state index is -2.69. The zero-order valence-electron chi connectivity index (χ0n) is 5.76. The molecule has 0 bridgehead atoms. The van der Waals surface area contributed by atoms with Gasteiger partial charge in [0.15, 0.2) is 6.49 Å². The molecular weight excluding hydrogens is 249 g/mol. The zero-order valence-corrected chi connectivity index (χ0v) is 9.74. The van der Waals surface area contributed by atoms with Gasteiger partial charge in [-0.2, -0.15) is 0 Å². The van der Waals surface area contributed by atoms with Gasteiger partial charge in [0.25, 0.3) is 0 Å². The maximum absolute atomic E-state index is 9.21. The van der Waals surface area contributed by atoms with Crippen LogP contribution in [0.2, 0.25) is 0 Å². The maximum atomic E-state index is 9.21. The standard InChI is InChI=1S/C4H8Cl3O2PS/c1-2-10(8,11)9-3-4(5,6)7/h2-3H2,1H3,(H,8,11). The predicted molar refractivity (Wildman–Crippen MR) is 53.3 cm³/mol. The summed E-state index contributed by atoms with van der Waals surface area (Å²) < 4.78 is 3.33. The van der Waals surface area contributed by atoms with Crippen molar-refractivity contribution < 1.29 is 9.42 Å². The van der Waals surface area contributed by atoms with E-state index in [-0.39, 0.29) is 6.61 Å². The van der Waals surface area contributed by atoms with Crippen LogP contribution in [-0.4, -0.2) is 21.5 Å². The highest BCUT2D eigenvalue weighted by atomic mass is 35.6. The summed E-state index contributed by atoms with van der Waals surface area (Å²) in [7, 11) is 0. The predicted octanol–water partition coefficient (Wildman–Crippen LogP) is 2.69. The van der Waals surface area contributed by atoms with Crippen LogP contribution in [0.4, 0.5) is 0 Å². The lowest BCUT2D eigenvalue weighted by Gasteiger charge is -2.17. The molecule has 0 heterocycles. The highest BCUT2D eigenvalue weighted by Crippen LogP contribution is 2.44. The number of hydrogen-bond acceptors (Lipinski definition) is 2. The van der Waals surface area contributed by atoms with Crippen LogP contribution in [0.15, 0.2) is 0 Å². The van der Waals surface area contributed by atoms with Crippen molar-refractivity contribution in [1.29, 1.82) is 0 Å². The Balaban J connectivity index is 3.80. The fraction of sp³-hybridized carbons (Fsp3) is 1.00. The molecule has 0 amide bonds. The van der Waals surface area contributed by atoms with Gasteiger partial charge in [-0.15, -0.1) is 0 Å². The molecule has 2 nitrogen and oxygen atoms in total. The molecule has 1 N–H and O–H groups in total. The third-order valence-electron chi connectivity index (χ3n) is 0.830. The van der Waals surface area contributed by atoms with Gasteiger partial charge in [-0.25, -0.2) is 0 Å². The fourth-order valence-electron chi connectivity index (χ4n) is 0.265. The van der Waals surface area contributed by atoms with Gasteiger partial charge in [0.1, 0.15) is 6.61 Å². The molecule has 0 aromatic carbocycles. The SMILES string of the molecule is CCP(O)(=S)OCC(Cl)(Cl)Cl. The smallest absolute Gasteiger partial charge is 0.213 e. The number of alkyl halides is 3. The molecule has 0 aliphatic rings. The quantitative estimate of drug-likeness (QED) is 0.623. The Morgan fingerprint density at radius 2 is 2.00 bits per heavy atom. The average molecular weight is 258 g/mol. The lowest BCUT2D eigenvalue weighted by molar-refractivity contribution is 0.315. The van der Waals surface area contributed by atoms with E-state index in [9.17, 15) is 4.89 Å². The van der Waals surface area contributed by atoms with Gasteiger partial charge in [0.2, 0.25) is 3.79 Å². The summed E-state index contributed by atoms with van der Waals surface area (Å²) in [5.41, 5.74) is 0. The summed E-state index contributed by atoms with van der Waals surface area (Å²) in [6, 6.07) is 0. The van der Waals surface area contributed by atoms with Crippen LogP contribution in [0.5, 0.6) is 0 Å². The Morgan fingerprint density at radius 1 is 1.55 bits per heavy atom. The van der Waals surface area contributed by atoms with Gasteiger partial charge in [0.05, 0.1) is 0 Å². The largest absolute Gasteiger partial charge is 0.345 e. The van der Waals surface area contributed by atoms with E-state index in [2.05, 4.69) is 11.8 Å². The Kier molecular flexibility index (Phi) is 5.22. The molecule has 7 heteroatoms. The van der Waals surface area contributed by atoms with Crippen molar-refractivity contribution >= 4 is 53.1 Å². The molecule has 0 saturated carbocycles. The summed E-state index contributed by atoms with van der Waals surface area (Å²) >= 11 is 20.8. The lowest BCUT2D eigenvalue weighted by Crippen LogP contribution is -2.11. The Labute approximate surface area is 85.9 Å².